The van der Waals surface area contributed by atoms with E-state index in [1.807, 2.05) is 91.0 Å². The molecule has 120 valence electrons. The number of thioether (sulfide) groups is 2. The van der Waals surface area contributed by atoms with Crippen LogP contribution in [0.5, 0.6) is 0 Å². The largest absolute Gasteiger partial charge is 0.324 e. The minimum Gasteiger partial charge on any atom is -0.324 e. The van der Waals surface area contributed by atoms with Crippen molar-refractivity contribution in [1.82, 2.24) is 0 Å². The van der Waals surface area contributed by atoms with E-state index in [2.05, 4.69) is 5.32 Å². The highest BCUT2D eigenvalue weighted by molar-refractivity contribution is 8.18. The first-order valence-corrected chi connectivity index (χ1v) is 9.36. The lowest BCUT2D eigenvalue weighted by molar-refractivity contribution is -0.114. The molecule has 0 aliphatic rings. The molecule has 0 saturated carbocycles. The van der Waals surface area contributed by atoms with Gasteiger partial charge in [0.05, 0.1) is 0 Å². The van der Waals surface area contributed by atoms with Gasteiger partial charge in [0, 0.05) is 15.5 Å². The first kappa shape index (κ1) is 16.7. The second-order valence-electron chi connectivity index (χ2n) is 5.05. The van der Waals surface area contributed by atoms with Gasteiger partial charge in [-0.25, -0.2) is 0 Å². The topological polar surface area (TPSA) is 29.1 Å². The molecule has 0 aromatic heterocycles. The maximum absolute atomic E-state index is 12.8. The highest BCUT2D eigenvalue weighted by Gasteiger charge is 2.21. The fourth-order valence-corrected chi connectivity index (χ4v) is 4.41. The second-order valence-corrected chi connectivity index (χ2v) is 7.70. The number of hydrogen-bond donors (Lipinski definition) is 1. The van der Waals surface area contributed by atoms with E-state index in [9.17, 15) is 4.79 Å². The van der Waals surface area contributed by atoms with E-state index >= 15 is 0 Å². The molecule has 0 saturated heterocycles. The Balaban J connectivity index is 1.76. The highest BCUT2D eigenvalue weighted by atomic mass is 32.2. The number of para-hydroxylation sites is 1. The summed E-state index contributed by atoms with van der Waals surface area (Å²) in [5.74, 6) is -0.0103. The lowest BCUT2D eigenvalue weighted by Crippen LogP contribution is -2.22. The minimum atomic E-state index is -0.269. The molecule has 0 fully saturated rings. The summed E-state index contributed by atoms with van der Waals surface area (Å²) in [7, 11) is 0. The molecule has 0 aliphatic heterocycles. The summed E-state index contributed by atoms with van der Waals surface area (Å²) in [4.78, 5) is 14.9. The number of carbonyl (C=O) groups excluding carboxylic acids is 1. The van der Waals surface area contributed by atoms with Gasteiger partial charge in [0.1, 0.15) is 4.58 Å². The molecule has 4 heteroatoms. The zero-order valence-electron chi connectivity index (χ0n) is 13.0. The number of amides is 1. The van der Waals surface area contributed by atoms with Crippen LogP contribution in [0.2, 0.25) is 0 Å². The number of rotatable bonds is 6. The Hall–Kier alpha value is -2.17. The lowest BCUT2D eigenvalue weighted by Gasteiger charge is -2.16. The Morgan fingerprint density at radius 2 is 1.08 bits per heavy atom. The van der Waals surface area contributed by atoms with Gasteiger partial charge in [-0.05, 0) is 36.4 Å². The van der Waals surface area contributed by atoms with Crippen molar-refractivity contribution in [2.24, 2.45) is 0 Å². The fraction of sp³-hybridized carbons (Fsp3) is 0.0500. The standard InChI is InChI=1S/C20H17NOS2/c22-19(21-16-10-4-1-5-11-16)20(23-17-12-6-2-7-13-17)24-18-14-8-3-9-15-18/h1-15,20H,(H,21,22). The number of benzene rings is 3. The molecular weight excluding hydrogens is 334 g/mol. The Labute approximate surface area is 150 Å². The average molecular weight is 351 g/mol. The molecule has 0 heterocycles. The molecule has 0 atom stereocenters. The molecule has 1 N–H and O–H groups in total. The molecule has 0 bridgehead atoms. The Morgan fingerprint density at radius 3 is 1.54 bits per heavy atom. The van der Waals surface area contributed by atoms with Crippen molar-refractivity contribution in [3.05, 3.63) is 91.0 Å². The van der Waals surface area contributed by atoms with Crippen LogP contribution in [0, 0.1) is 0 Å². The van der Waals surface area contributed by atoms with Gasteiger partial charge < -0.3 is 5.32 Å². The van der Waals surface area contributed by atoms with Crippen molar-refractivity contribution in [2.45, 2.75) is 14.4 Å². The zero-order chi connectivity index (χ0) is 16.6. The number of hydrogen-bond acceptors (Lipinski definition) is 3. The van der Waals surface area contributed by atoms with Gasteiger partial charge in [-0.3, -0.25) is 4.79 Å². The fourth-order valence-electron chi connectivity index (χ4n) is 2.10. The third-order valence-electron chi connectivity index (χ3n) is 3.23. The molecule has 2 nitrogen and oxygen atoms in total. The van der Waals surface area contributed by atoms with Gasteiger partial charge in [0.25, 0.3) is 0 Å². The average Bonchev–Trinajstić information content (AvgIpc) is 2.64. The molecule has 0 unspecified atom stereocenters. The van der Waals surface area contributed by atoms with Gasteiger partial charge in [-0.1, -0.05) is 54.6 Å². The van der Waals surface area contributed by atoms with Crippen molar-refractivity contribution < 1.29 is 4.79 Å². The maximum Gasteiger partial charge on any atom is 0.248 e. The van der Waals surface area contributed by atoms with Crippen molar-refractivity contribution in [3.8, 4) is 0 Å². The van der Waals surface area contributed by atoms with Crippen LogP contribution in [0.4, 0.5) is 5.69 Å². The van der Waals surface area contributed by atoms with Crippen LogP contribution >= 0.6 is 23.5 Å². The van der Waals surface area contributed by atoms with E-state index in [-0.39, 0.29) is 10.5 Å². The van der Waals surface area contributed by atoms with Crippen LogP contribution in [-0.2, 0) is 4.79 Å². The van der Waals surface area contributed by atoms with Crippen molar-refractivity contribution in [3.63, 3.8) is 0 Å². The van der Waals surface area contributed by atoms with Crippen LogP contribution in [-0.4, -0.2) is 10.5 Å². The molecule has 3 aromatic carbocycles. The predicted molar refractivity (Wildman–Crippen MR) is 103 cm³/mol. The third kappa shape index (κ3) is 4.91. The highest BCUT2D eigenvalue weighted by Crippen LogP contribution is 2.36. The molecule has 24 heavy (non-hydrogen) atoms. The number of nitrogens with one attached hydrogen (secondary N) is 1. The SMILES string of the molecule is O=C(Nc1ccccc1)C(Sc1ccccc1)Sc1ccccc1. The van der Waals surface area contributed by atoms with E-state index in [4.69, 9.17) is 0 Å². The molecular formula is C20H17NOS2. The van der Waals surface area contributed by atoms with E-state index < -0.39 is 0 Å². The van der Waals surface area contributed by atoms with Crippen LogP contribution in [0.3, 0.4) is 0 Å². The number of anilines is 1. The van der Waals surface area contributed by atoms with Gasteiger partial charge in [0.2, 0.25) is 5.91 Å². The van der Waals surface area contributed by atoms with E-state index in [1.165, 1.54) is 0 Å². The molecule has 0 aliphatic carbocycles. The molecule has 3 rings (SSSR count). The first-order chi connectivity index (χ1) is 11.8. The first-order valence-electron chi connectivity index (χ1n) is 7.60. The molecule has 3 aromatic rings. The summed E-state index contributed by atoms with van der Waals surface area (Å²) in [6, 6.07) is 29.6. The third-order valence-corrected chi connectivity index (χ3v) is 5.75. The Kier molecular flexibility index (Phi) is 5.99. The van der Waals surface area contributed by atoms with E-state index in [0.717, 1.165) is 15.5 Å². The smallest absolute Gasteiger partial charge is 0.248 e. The monoisotopic (exact) mass is 351 g/mol. The van der Waals surface area contributed by atoms with E-state index in [0.29, 0.717) is 0 Å². The van der Waals surface area contributed by atoms with Crippen molar-refractivity contribution in [2.75, 3.05) is 5.32 Å². The molecule has 0 spiro atoms. The Bertz CT molecular complexity index is 722. The summed E-state index contributed by atoms with van der Waals surface area (Å²) in [6.07, 6.45) is 0. The van der Waals surface area contributed by atoms with Crippen LogP contribution in [0.1, 0.15) is 0 Å². The lowest BCUT2D eigenvalue weighted by atomic mass is 10.3. The molecule has 0 radical (unpaired) electrons. The van der Waals surface area contributed by atoms with Gasteiger partial charge in [0.15, 0.2) is 0 Å². The second kappa shape index (κ2) is 8.62. The van der Waals surface area contributed by atoms with Gasteiger partial charge >= 0.3 is 0 Å². The minimum absolute atomic E-state index is 0.0103. The van der Waals surface area contributed by atoms with Crippen LogP contribution < -0.4 is 5.32 Å². The quantitative estimate of drug-likeness (QED) is 0.467. The zero-order valence-corrected chi connectivity index (χ0v) is 14.6. The predicted octanol–water partition coefficient (Wildman–Crippen LogP) is 5.54. The Morgan fingerprint density at radius 1 is 0.667 bits per heavy atom. The summed E-state index contributed by atoms with van der Waals surface area (Å²) < 4.78 is -0.269. The van der Waals surface area contributed by atoms with Crippen molar-refractivity contribution >= 4 is 35.1 Å². The number of carbonyl (C=O) groups is 1. The molecule has 1 amide bonds. The van der Waals surface area contributed by atoms with Gasteiger partial charge in [-0.15, -0.1) is 23.5 Å². The summed E-state index contributed by atoms with van der Waals surface area (Å²) in [5.41, 5.74) is 0.815. The van der Waals surface area contributed by atoms with Crippen molar-refractivity contribution in [1.29, 1.82) is 0 Å². The van der Waals surface area contributed by atoms with Crippen LogP contribution in [0.25, 0.3) is 0 Å². The van der Waals surface area contributed by atoms with Crippen LogP contribution in [0.15, 0.2) is 101 Å². The summed E-state index contributed by atoms with van der Waals surface area (Å²) >= 11 is 3.12. The summed E-state index contributed by atoms with van der Waals surface area (Å²) in [6.45, 7) is 0. The van der Waals surface area contributed by atoms with E-state index in [1.54, 1.807) is 23.5 Å². The normalized spacial score (nSPS) is 10.5. The summed E-state index contributed by atoms with van der Waals surface area (Å²) in [5, 5.41) is 3.00. The maximum atomic E-state index is 12.8. The van der Waals surface area contributed by atoms with Gasteiger partial charge in [-0.2, -0.15) is 0 Å².